The van der Waals surface area contributed by atoms with Crippen molar-refractivity contribution in [3.63, 3.8) is 0 Å². The van der Waals surface area contributed by atoms with Crippen LogP contribution >= 0.6 is 0 Å². The Morgan fingerprint density at radius 2 is 2.17 bits per heavy atom. The molecule has 1 atom stereocenters. The first-order chi connectivity index (χ1) is 8.41. The zero-order valence-electron chi connectivity index (χ0n) is 10.1. The van der Waals surface area contributed by atoms with E-state index in [1.807, 2.05) is 0 Å². The van der Waals surface area contributed by atoms with Gasteiger partial charge in [0.05, 0.1) is 5.56 Å². The van der Waals surface area contributed by atoms with E-state index in [1.54, 1.807) is 13.0 Å². The number of hydrogen-bond donors (Lipinski definition) is 2. The van der Waals surface area contributed by atoms with Gasteiger partial charge in [-0.3, -0.25) is 9.59 Å². The molecule has 94 valence electrons. The highest BCUT2D eigenvalue weighted by molar-refractivity contribution is 6.11. The lowest BCUT2D eigenvalue weighted by molar-refractivity contribution is -0.119. The minimum atomic E-state index is -0.734. The SMILES string of the molecule is CC(=O)NC1C=Cc2c(C)c(F)cc(N)c2C1=O. The maximum Gasteiger partial charge on any atom is 0.217 e. The Morgan fingerprint density at radius 3 is 2.78 bits per heavy atom. The van der Waals surface area contributed by atoms with Crippen LogP contribution in [-0.4, -0.2) is 17.7 Å². The van der Waals surface area contributed by atoms with Gasteiger partial charge in [0.25, 0.3) is 0 Å². The molecule has 0 spiro atoms. The van der Waals surface area contributed by atoms with Crippen molar-refractivity contribution in [2.45, 2.75) is 19.9 Å². The number of amides is 1. The van der Waals surface area contributed by atoms with Crippen LogP contribution in [0.3, 0.4) is 0 Å². The van der Waals surface area contributed by atoms with Crippen molar-refractivity contribution in [1.82, 2.24) is 5.32 Å². The summed E-state index contributed by atoms with van der Waals surface area (Å²) in [7, 11) is 0. The molecule has 1 unspecified atom stereocenters. The molecule has 0 aromatic heterocycles. The van der Waals surface area contributed by atoms with Gasteiger partial charge in [0.15, 0.2) is 5.78 Å². The third kappa shape index (κ3) is 1.88. The van der Waals surface area contributed by atoms with Crippen molar-refractivity contribution < 1.29 is 14.0 Å². The molecule has 1 aliphatic rings. The van der Waals surface area contributed by atoms with E-state index in [0.717, 1.165) is 6.07 Å². The highest BCUT2D eigenvalue weighted by Gasteiger charge is 2.28. The first-order valence-electron chi connectivity index (χ1n) is 5.50. The van der Waals surface area contributed by atoms with Gasteiger partial charge in [-0.1, -0.05) is 12.2 Å². The fraction of sp³-hybridized carbons (Fsp3) is 0.231. The minimum absolute atomic E-state index is 0.0952. The highest BCUT2D eigenvalue weighted by Crippen LogP contribution is 2.29. The zero-order valence-corrected chi connectivity index (χ0v) is 10.1. The van der Waals surface area contributed by atoms with Gasteiger partial charge in [-0.25, -0.2) is 4.39 Å². The topological polar surface area (TPSA) is 72.2 Å². The number of hydrogen-bond acceptors (Lipinski definition) is 3. The average Bonchev–Trinajstić information content (AvgIpc) is 2.28. The molecule has 1 aliphatic carbocycles. The van der Waals surface area contributed by atoms with E-state index in [0.29, 0.717) is 11.1 Å². The van der Waals surface area contributed by atoms with Crippen LogP contribution in [0.2, 0.25) is 0 Å². The fourth-order valence-corrected chi connectivity index (χ4v) is 2.04. The van der Waals surface area contributed by atoms with Gasteiger partial charge in [-0.05, 0) is 24.1 Å². The molecule has 0 bridgehead atoms. The molecule has 1 aromatic rings. The van der Waals surface area contributed by atoms with Crippen LogP contribution in [0, 0.1) is 12.7 Å². The Bertz CT molecular complexity index is 579. The Morgan fingerprint density at radius 1 is 1.50 bits per heavy atom. The number of fused-ring (bicyclic) bond motifs is 1. The summed E-state index contributed by atoms with van der Waals surface area (Å²) in [5.41, 5.74) is 6.92. The summed E-state index contributed by atoms with van der Waals surface area (Å²) in [5.74, 6) is -1.07. The van der Waals surface area contributed by atoms with Crippen LogP contribution in [0.4, 0.5) is 10.1 Å². The first-order valence-corrected chi connectivity index (χ1v) is 5.50. The van der Waals surface area contributed by atoms with Crippen LogP contribution in [0.15, 0.2) is 12.1 Å². The lowest BCUT2D eigenvalue weighted by Crippen LogP contribution is -2.40. The van der Waals surface area contributed by atoms with E-state index in [1.165, 1.54) is 13.0 Å². The number of benzene rings is 1. The molecule has 0 radical (unpaired) electrons. The Hall–Kier alpha value is -2.17. The summed E-state index contributed by atoms with van der Waals surface area (Å²) in [4.78, 5) is 23.2. The first kappa shape index (κ1) is 12.3. The van der Waals surface area contributed by atoms with Gasteiger partial charge in [0, 0.05) is 12.6 Å². The van der Waals surface area contributed by atoms with Gasteiger partial charge in [-0.15, -0.1) is 0 Å². The largest absolute Gasteiger partial charge is 0.398 e. The molecule has 0 heterocycles. The van der Waals surface area contributed by atoms with Crippen LogP contribution in [-0.2, 0) is 4.79 Å². The molecule has 18 heavy (non-hydrogen) atoms. The smallest absolute Gasteiger partial charge is 0.217 e. The summed E-state index contributed by atoms with van der Waals surface area (Å²) in [5, 5.41) is 2.51. The average molecular weight is 248 g/mol. The van der Waals surface area contributed by atoms with E-state index in [-0.39, 0.29) is 22.9 Å². The van der Waals surface area contributed by atoms with Crippen molar-refractivity contribution in [2.75, 3.05) is 5.73 Å². The maximum atomic E-state index is 13.5. The number of rotatable bonds is 1. The third-order valence-corrected chi connectivity index (χ3v) is 2.95. The van der Waals surface area contributed by atoms with Crippen LogP contribution in [0.1, 0.15) is 28.4 Å². The summed E-state index contributed by atoms with van der Waals surface area (Å²) in [6.45, 7) is 2.92. The molecular formula is C13H13FN2O2. The van der Waals surface area contributed by atoms with Crippen molar-refractivity contribution in [3.8, 4) is 0 Å². The summed E-state index contributed by atoms with van der Waals surface area (Å²) in [6.07, 6.45) is 3.16. The van der Waals surface area contributed by atoms with Gasteiger partial charge in [0.2, 0.25) is 5.91 Å². The Balaban J connectivity index is 2.54. The molecule has 4 nitrogen and oxygen atoms in total. The van der Waals surface area contributed by atoms with E-state index in [9.17, 15) is 14.0 Å². The predicted molar refractivity (Wildman–Crippen MR) is 66.5 cm³/mol. The second kappa shape index (κ2) is 4.25. The maximum absolute atomic E-state index is 13.5. The Labute approximate surface area is 104 Å². The second-order valence-corrected chi connectivity index (χ2v) is 4.26. The molecule has 0 saturated heterocycles. The number of anilines is 1. The van der Waals surface area contributed by atoms with Crippen molar-refractivity contribution in [2.24, 2.45) is 0 Å². The third-order valence-electron chi connectivity index (χ3n) is 2.95. The number of Topliss-reactive ketones (excluding diaryl/α,β-unsaturated/α-hetero) is 1. The lowest BCUT2D eigenvalue weighted by Gasteiger charge is -2.21. The molecule has 3 N–H and O–H groups in total. The number of nitrogen functional groups attached to an aromatic ring is 1. The van der Waals surface area contributed by atoms with Gasteiger partial charge >= 0.3 is 0 Å². The molecule has 1 aromatic carbocycles. The van der Waals surface area contributed by atoms with Crippen LogP contribution in [0.5, 0.6) is 0 Å². The number of nitrogens with two attached hydrogens (primary N) is 1. The van der Waals surface area contributed by atoms with Gasteiger partial charge < -0.3 is 11.1 Å². The van der Waals surface area contributed by atoms with Crippen LogP contribution < -0.4 is 11.1 Å². The summed E-state index contributed by atoms with van der Waals surface area (Å²) >= 11 is 0. The number of ketones is 1. The van der Waals surface area contributed by atoms with Gasteiger partial charge in [-0.2, -0.15) is 0 Å². The molecule has 0 saturated carbocycles. The lowest BCUT2D eigenvalue weighted by atomic mass is 9.88. The number of nitrogens with one attached hydrogen (secondary N) is 1. The number of carbonyl (C=O) groups excluding carboxylic acids is 2. The molecule has 0 aliphatic heterocycles. The van der Waals surface area contributed by atoms with Gasteiger partial charge in [0.1, 0.15) is 11.9 Å². The number of halogens is 1. The Kier molecular flexibility index (Phi) is 2.90. The normalized spacial score (nSPS) is 17.5. The highest BCUT2D eigenvalue weighted by atomic mass is 19.1. The molecule has 0 fully saturated rings. The van der Waals surface area contributed by atoms with Crippen molar-refractivity contribution in [3.05, 3.63) is 34.6 Å². The van der Waals surface area contributed by atoms with Crippen molar-refractivity contribution >= 4 is 23.5 Å². The minimum Gasteiger partial charge on any atom is -0.398 e. The van der Waals surface area contributed by atoms with E-state index >= 15 is 0 Å². The second-order valence-electron chi connectivity index (χ2n) is 4.26. The van der Waals surface area contributed by atoms with Crippen molar-refractivity contribution in [1.29, 1.82) is 0 Å². The zero-order chi connectivity index (χ0) is 13.4. The standard InChI is InChI=1S/C13H13FN2O2/c1-6-8-3-4-11(16-7(2)17)13(18)12(8)10(15)5-9(6)14/h3-5,11H,15H2,1-2H3,(H,16,17). The quantitative estimate of drug-likeness (QED) is 0.738. The molecule has 1 amide bonds. The summed E-state index contributed by atoms with van der Waals surface area (Å²) in [6, 6.07) is 0.401. The van der Waals surface area contributed by atoms with E-state index in [4.69, 9.17) is 5.73 Å². The summed E-state index contributed by atoms with van der Waals surface area (Å²) < 4.78 is 13.5. The monoisotopic (exact) mass is 248 g/mol. The fourth-order valence-electron chi connectivity index (χ4n) is 2.04. The molecule has 5 heteroatoms. The number of carbonyl (C=O) groups is 2. The van der Waals surface area contributed by atoms with E-state index < -0.39 is 11.9 Å². The molecular weight excluding hydrogens is 235 g/mol. The van der Waals surface area contributed by atoms with Crippen LogP contribution in [0.25, 0.3) is 6.08 Å². The van der Waals surface area contributed by atoms with E-state index in [2.05, 4.69) is 5.32 Å². The molecule has 2 rings (SSSR count). The predicted octanol–water partition coefficient (Wildman–Crippen LogP) is 1.43.